The van der Waals surface area contributed by atoms with E-state index >= 15 is 0 Å². The van der Waals surface area contributed by atoms with Gasteiger partial charge in [-0.3, -0.25) is 9.79 Å². The SMILES string of the molecule is CCNC(=NCCNc1ncccc1C(F)(F)F)N1CC(C)C(C(=O)OC)C1. The first-order chi connectivity index (χ1) is 13.3. The van der Waals surface area contributed by atoms with E-state index in [-0.39, 0.29) is 36.7 Å². The van der Waals surface area contributed by atoms with Crippen LogP contribution in [0.25, 0.3) is 0 Å². The number of methoxy groups -OCH3 is 1. The molecule has 7 nitrogen and oxygen atoms in total. The lowest BCUT2D eigenvalue weighted by Crippen LogP contribution is -2.41. The number of rotatable bonds is 6. The number of aliphatic imine (C=N–C) groups is 1. The third-order valence-corrected chi connectivity index (χ3v) is 4.53. The standard InChI is InChI=1S/C18H26F3N5O2/c1-4-22-17(26-10-12(2)13(11-26)16(27)28-3)25-9-8-24-15-14(18(19,20)21)6-5-7-23-15/h5-7,12-13H,4,8-11H2,1-3H3,(H,22,25)(H,23,24). The number of carbonyl (C=O) groups is 1. The molecule has 0 spiro atoms. The largest absolute Gasteiger partial charge is 0.469 e. The summed E-state index contributed by atoms with van der Waals surface area (Å²) in [6, 6.07) is 2.24. The molecule has 1 aliphatic rings. The van der Waals surface area contributed by atoms with Gasteiger partial charge >= 0.3 is 12.1 Å². The normalized spacial score (nSPS) is 20.2. The van der Waals surface area contributed by atoms with Gasteiger partial charge in [0.15, 0.2) is 5.96 Å². The van der Waals surface area contributed by atoms with Gasteiger partial charge in [-0.05, 0) is 25.0 Å². The zero-order chi connectivity index (χ0) is 20.7. The molecular weight excluding hydrogens is 375 g/mol. The summed E-state index contributed by atoms with van der Waals surface area (Å²) >= 11 is 0. The zero-order valence-corrected chi connectivity index (χ0v) is 16.2. The van der Waals surface area contributed by atoms with Gasteiger partial charge in [0.2, 0.25) is 0 Å². The lowest BCUT2D eigenvalue weighted by molar-refractivity contribution is -0.146. The van der Waals surface area contributed by atoms with E-state index in [1.807, 2.05) is 18.7 Å². The summed E-state index contributed by atoms with van der Waals surface area (Å²) in [5.74, 6) is 0.0601. The second-order valence-corrected chi connectivity index (χ2v) is 6.57. The van der Waals surface area contributed by atoms with Crippen molar-refractivity contribution in [3.8, 4) is 0 Å². The topological polar surface area (TPSA) is 78.9 Å². The van der Waals surface area contributed by atoms with Crippen molar-refractivity contribution in [2.24, 2.45) is 16.8 Å². The van der Waals surface area contributed by atoms with E-state index in [4.69, 9.17) is 4.74 Å². The van der Waals surface area contributed by atoms with Gasteiger partial charge in [0.25, 0.3) is 0 Å². The van der Waals surface area contributed by atoms with Crippen LogP contribution in [0.15, 0.2) is 23.3 Å². The first kappa shape index (κ1) is 21.8. The number of ether oxygens (including phenoxy) is 1. The Labute approximate surface area is 162 Å². The highest BCUT2D eigenvalue weighted by molar-refractivity contribution is 5.82. The number of pyridine rings is 1. The third-order valence-electron chi connectivity index (χ3n) is 4.53. The average Bonchev–Trinajstić information content (AvgIpc) is 3.04. The van der Waals surface area contributed by atoms with Crippen molar-refractivity contribution in [2.45, 2.75) is 20.0 Å². The molecule has 0 aromatic carbocycles. The minimum absolute atomic E-state index is 0.122. The number of nitrogens with zero attached hydrogens (tertiary/aromatic N) is 3. The molecule has 2 rings (SSSR count). The van der Waals surface area contributed by atoms with Gasteiger partial charge in [-0.1, -0.05) is 6.92 Å². The second-order valence-electron chi connectivity index (χ2n) is 6.57. The Kier molecular flexibility index (Phi) is 7.47. The van der Waals surface area contributed by atoms with Crippen LogP contribution in [0.5, 0.6) is 0 Å². The maximum Gasteiger partial charge on any atom is 0.419 e. The van der Waals surface area contributed by atoms with Crippen LogP contribution < -0.4 is 10.6 Å². The van der Waals surface area contributed by atoms with Gasteiger partial charge in [-0.15, -0.1) is 0 Å². The maximum absolute atomic E-state index is 13.0. The lowest BCUT2D eigenvalue weighted by Gasteiger charge is -2.21. The summed E-state index contributed by atoms with van der Waals surface area (Å²) in [7, 11) is 1.37. The van der Waals surface area contributed by atoms with Crippen LogP contribution in [0.2, 0.25) is 0 Å². The highest BCUT2D eigenvalue weighted by atomic mass is 19.4. The maximum atomic E-state index is 13.0. The first-order valence-electron chi connectivity index (χ1n) is 9.15. The second kappa shape index (κ2) is 9.61. The molecule has 2 heterocycles. The molecule has 10 heteroatoms. The van der Waals surface area contributed by atoms with Crippen molar-refractivity contribution < 1.29 is 22.7 Å². The predicted molar refractivity (Wildman–Crippen MR) is 100.0 cm³/mol. The Morgan fingerprint density at radius 2 is 2.18 bits per heavy atom. The fourth-order valence-electron chi connectivity index (χ4n) is 3.13. The van der Waals surface area contributed by atoms with E-state index in [1.165, 1.54) is 19.4 Å². The highest BCUT2D eigenvalue weighted by Crippen LogP contribution is 2.33. The first-order valence-corrected chi connectivity index (χ1v) is 9.15. The Bertz CT molecular complexity index is 696. The van der Waals surface area contributed by atoms with Crippen LogP contribution in [-0.2, 0) is 15.7 Å². The average molecular weight is 401 g/mol. The van der Waals surface area contributed by atoms with Gasteiger partial charge in [0.05, 0.1) is 25.1 Å². The van der Waals surface area contributed by atoms with Gasteiger partial charge in [-0.2, -0.15) is 13.2 Å². The van der Waals surface area contributed by atoms with Crippen molar-refractivity contribution >= 4 is 17.7 Å². The molecule has 156 valence electrons. The number of anilines is 1. The molecular formula is C18H26F3N5O2. The van der Waals surface area contributed by atoms with Crippen molar-refractivity contribution in [1.82, 2.24) is 15.2 Å². The Morgan fingerprint density at radius 3 is 2.82 bits per heavy atom. The minimum atomic E-state index is -4.47. The number of aromatic nitrogens is 1. The number of nitrogens with one attached hydrogen (secondary N) is 2. The number of likely N-dealkylation sites (tertiary alicyclic amines) is 1. The van der Waals surface area contributed by atoms with E-state index in [1.54, 1.807) is 0 Å². The van der Waals surface area contributed by atoms with Crippen LogP contribution in [0.3, 0.4) is 0 Å². The number of guanidine groups is 1. The van der Waals surface area contributed by atoms with Crippen LogP contribution in [0.4, 0.5) is 19.0 Å². The Hall–Kier alpha value is -2.52. The van der Waals surface area contributed by atoms with Gasteiger partial charge in [0, 0.05) is 32.4 Å². The summed E-state index contributed by atoms with van der Waals surface area (Å²) in [6.07, 6.45) is -3.16. The quantitative estimate of drug-likeness (QED) is 0.329. The van der Waals surface area contributed by atoms with Crippen LogP contribution in [0.1, 0.15) is 19.4 Å². The molecule has 28 heavy (non-hydrogen) atoms. The Morgan fingerprint density at radius 1 is 1.43 bits per heavy atom. The number of esters is 1. The molecule has 0 radical (unpaired) electrons. The van der Waals surface area contributed by atoms with Crippen molar-refractivity contribution in [2.75, 3.05) is 45.2 Å². The smallest absolute Gasteiger partial charge is 0.419 e. The number of halogens is 3. The molecule has 0 amide bonds. The van der Waals surface area contributed by atoms with E-state index in [0.717, 1.165) is 6.07 Å². The van der Waals surface area contributed by atoms with Crippen LogP contribution in [0, 0.1) is 11.8 Å². The number of carbonyl (C=O) groups excluding carboxylic acids is 1. The van der Waals surface area contributed by atoms with Crippen LogP contribution in [-0.4, -0.2) is 61.6 Å². The molecule has 1 aromatic rings. The van der Waals surface area contributed by atoms with Gasteiger partial charge in [-0.25, -0.2) is 4.98 Å². The summed E-state index contributed by atoms with van der Waals surface area (Å²) < 4.78 is 43.8. The molecule has 2 N–H and O–H groups in total. The van der Waals surface area contributed by atoms with Gasteiger partial charge in [0.1, 0.15) is 5.82 Å². The highest BCUT2D eigenvalue weighted by Gasteiger charge is 2.37. The molecule has 1 aromatic heterocycles. The van der Waals surface area contributed by atoms with E-state index < -0.39 is 11.7 Å². The summed E-state index contributed by atoms with van der Waals surface area (Å²) in [5, 5.41) is 5.85. The molecule has 0 aliphatic carbocycles. The lowest BCUT2D eigenvalue weighted by atomic mass is 9.99. The molecule has 2 unspecified atom stereocenters. The van der Waals surface area contributed by atoms with E-state index in [0.29, 0.717) is 25.6 Å². The molecule has 0 bridgehead atoms. The summed E-state index contributed by atoms with van der Waals surface area (Å²) in [6.45, 7) is 6.13. The molecule has 1 fully saturated rings. The molecule has 2 atom stereocenters. The number of hydrogen-bond donors (Lipinski definition) is 2. The fourth-order valence-corrected chi connectivity index (χ4v) is 3.13. The monoisotopic (exact) mass is 401 g/mol. The molecule has 1 aliphatic heterocycles. The van der Waals surface area contributed by atoms with Gasteiger partial charge < -0.3 is 20.3 Å². The Balaban J connectivity index is 1.98. The minimum Gasteiger partial charge on any atom is -0.469 e. The van der Waals surface area contributed by atoms with Crippen molar-refractivity contribution in [3.63, 3.8) is 0 Å². The fraction of sp³-hybridized carbons (Fsp3) is 0.611. The summed E-state index contributed by atoms with van der Waals surface area (Å²) in [4.78, 5) is 22.1. The summed E-state index contributed by atoms with van der Waals surface area (Å²) in [5.41, 5.74) is -0.805. The molecule has 1 saturated heterocycles. The molecule has 0 saturated carbocycles. The van der Waals surface area contributed by atoms with Crippen molar-refractivity contribution in [3.05, 3.63) is 23.9 Å². The van der Waals surface area contributed by atoms with Crippen LogP contribution >= 0.6 is 0 Å². The number of alkyl halides is 3. The number of hydrogen-bond acceptors (Lipinski definition) is 5. The third kappa shape index (κ3) is 5.49. The zero-order valence-electron chi connectivity index (χ0n) is 16.2. The van der Waals surface area contributed by atoms with E-state index in [2.05, 4.69) is 20.6 Å². The van der Waals surface area contributed by atoms with Crippen molar-refractivity contribution in [1.29, 1.82) is 0 Å². The predicted octanol–water partition coefficient (Wildman–Crippen LogP) is 2.22. The van der Waals surface area contributed by atoms with E-state index in [9.17, 15) is 18.0 Å².